The Bertz CT molecular complexity index is 876. The lowest BCUT2D eigenvalue weighted by molar-refractivity contribution is -0.118. The minimum Gasteiger partial charge on any atom is -0.361 e. The van der Waals surface area contributed by atoms with Crippen molar-refractivity contribution in [3.8, 4) is 0 Å². The van der Waals surface area contributed by atoms with E-state index in [9.17, 15) is 4.79 Å². The summed E-state index contributed by atoms with van der Waals surface area (Å²) in [6.07, 6.45) is 1.95. The molecule has 1 atom stereocenters. The number of fused-ring (bicyclic) bond motifs is 1. The van der Waals surface area contributed by atoms with Gasteiger partial charge in [0.2, 0.25) is 5.91 Å². The van der Waals surface area contributed by atoms with E-state index >= 15 is 0 Å². The van der Waals surface area contributed by atoms with Crippen molar-refractivity contribution in [1.82, 2.24) is 10.3 Å². The number of carbonyl (C=O) groups excluding carboxylic acids is 1. The van der Waals surface area contributed by atoms with Crippen molar-refractivity contribution in [3.63, 3.8) is 0 Å². The molecule has 0 aliphatic carbocycles. The molecule has 6 heteroatoms. The lowest BCUT2D eigenvalue weighted by Crippen LogP contribution is -2.29. The van der Waals surface area contributed by atoms with Crippen LogP contribution in [0.3, 0.4) is 0 Å². The predicted molar refractivity (Wildman–Crippen MR) is 100 cm³/mol. The van der Waals surface area contributed by atoms with Crippen molar-refractivity contribution in [3.05, 3.63) is 69.8 Å². The van der Waals surface area contributed by atoms with E-state index in [4.69, 9.17) is 34.8 Å². The first-order chi connectivity index (χ1) is 11.6. The van der Waals surface area contributed by atoms with Crippen LogP contribution in [-0.2, 0) is 4.79 Å². The SMILES string of the molecule is O=C(CCl)NC[C@@H](c1ccc(Cl)cc1Cl)c1c[nH]c2ccccc12. The summed E-state index contributed by atoms with van der Waals surface area (Å²) in [5.74, 6) is -0.403. The number of benzene rings is 2. The second-order valence-corrected chi connectivity index (χ2v) is 6.56. The van der Waals surface area contributed by atoms with E-state index in [0.29, 0.717) is 16.6 Å². The number of amides is 1. The number of H-pyrrole nitrogens is 1. The summed E-state index contributed by atoms with van der Waals surface area (Å²) in [7, 11) is 0. The van der Waals surface area contributed by atoms with Crippen LogP contribution in [-0.4, -0.2) is 23.3 Å². The molecule has 0 radical (unpaired) electrons. The van der Waals surface area contributed by atoms with E-state index in [1.807, 2.05) is 36.5 Å². The Labute approximate surface area is 154 Å². The van der Waals surface area contributed by atoms with Crippen LogP contribution in [0.1, 0.15) is 17.0 Å². The quantitative estimate of drug-likeness (QED) is 0.603. The molecule has 2 N–H and O–H groups in total. The van der Waals surface area contributed by atoms with Crippen LogP contribution in [0, 0.1) is 0 Å². The summed E-state index contributed by atoms with van der Waals surface area (Å²) in [6.45, 7) is 0.398. The van der Waals surface area contributed by atoms with Crippen LogP contribution in [0.15, 0.2) is 48.7 Å². The fourth-order valence-electron chi connectivity index (χ4n) is 2.82. The number of carbonyl (C=O) groups is 1. The minimum absolute atomic E-state index is 0.0744. The molecule has 3 aromatic rings. The molecule has 0 spiro atoms. The van der Waals surface area contributed by atoms with E-state index in [2.05, 4.69) is 10.3 Å². The molecule has 1 heterocycles. The van der Waals surface area contributed by atoms with Gasteiger partial charge in [0.05, 0.1) is 0 Å². The Balaban J connectivity index is 2.06. The number of halogens is 3. The third kappa shape index (κ3) is 3.54. The third-order valence-electron chi connectivity index (χ3n) is 3.96. The van der Waals surface area contributed by atoms with Crippen LogP contribution in [0.25, 0.3) is 10.9 Å². The number of rotatable bonds is 5. The minimum atomic E-state index is -0.216. The Morgan fingerprint density at radius 2 is 1.92 bits per heavy atom. The molecule has 1 aromatic heterocycles. The van der Waals surface area contributed by atoms with Crippen LogP contribution in [0.5, 0.6) is 0 Å². The molecule has 24 heavy (non-hydrogen) atoms. The van der Waals surface area contributed by atoms with Gasteiger partial charge in [-0.3, -0.25) is 4.79 Å². The number of nitrogens with one attached hydrogen (secondary N) is 2. The molecule has 0 bridgehead atoms. The molecule has 0 unspecified atom stereocenters. The summed E-state index contributed by atoms with van der Waals surface area (Å²) in [5.41, 5.74) is 3.00. The molecule has 0 aliphatic rings. The van der Waals surface area contributed by atoms with Gasteiger partial charge in [-0.05, 0) is 29.3 Å². The summed E-state index contributed by atoms with van der Waals surface area (Å²) >= 11 is 18.0. The Morgan fingerprint density at radius 1 is 1.12 bits per heavy atom. The van der Waals surface area contributed by atoms with Gasteiger partial charge in [-0.1, -0.05) is 47.5 Å². The second kappa shape index (κ2) is 7.47. The molecular formula is C18H15Cl3N2O. The Morgan fingerprint density at radius 3 is 2.67 bits per heavy atom. The number of alkyl halides is 1. The molecule has 0 aliphatic heterocycles. The highest BCUT2D eigenvalue weighted by atomic mass is 35.5. The number of aromatic amines is 1. The van der Waals surface area contributed by atoms with E-state index in [0.717, 1.165) is 22.0 Å². The third-order valence-corrected chi connectivity index (χ3v) is 4.76. The first kappa shape index (κ1) is 17.2. The lowest BCUT2D eigenvalue weighted by atomic mass is 9.90. The average Bonchev–Trinajstić information content (AvgIpc) is 3.00. The molecule has 1 amide bonds. The lowest BCUT2D eigenvalue weighted by Gasteiger charge is -2.19. The van der Waals surface area contributed by atoms with Crippen molar-refractivity contribution in [2.75, 3.05) is 12.4 Å². The van der Waals surface area contributed by atoms with Gasteiger partial charge in [-0.15, -0.1) is 11.6 Å². The largest absolute Gasteiger partial charge is 0.361 e. The van der Waals surface area contributed by atoms with Crippen LogP contribution in [0.2, 0.25) is 10.0 Å². The van der Waals surface area contributed by atoms with Gasteiger partial charge in [-0.2, -0.15) is 0 Å². The first-order valence-electron chi connectivity index (χ1n) is 7.43. The van der Waals surface area contributed by atoms with Crippen LogP contribution in [0.4, 0.5) is 0 Å². The standard InChI is InChI=1S/C18H15Cl3N2O/c19-8-18(24)23-10-14(12-6-5-11(20)7-16(12)21)15-9-22-17-4-2-1-3-13(15)17/h1-7,9,14,22H,8,10H2,(H,23,24)/t14-/m0/s1. The monoisotopic (exact) mass is 380 g/mol. The zero-order valence-corrected chi connectivity index (χ0v) is 14.9. The van der Waals surface area contributed by atoms with E-state index in [1.54, 1.807) is 12.1 Å². The fourth-order valence-corrected chi connectivity index (χ4v) is 3.45. The van der Waals surface area contributed by atoms with Gasteiger partial charge in [0.1, 0.15) is 5.88 Å². The van der Waals surface area contributed by atoms with Crippen LogP contribution >= 0.6 is 34.8 Å². The number of aromatic nitrogens is 1. The van der Waals surface area contributed by atoms with E-state index < -0.39 is 0 Å². The highest BCUT2D eigenvalue weighted by molar-refractivity contribution is 6.35. The molecule has 0 saturated carbocycles. The predicted octanol–water partition coefficient (Wildman–Crippen LogP) is 4.96. The number of hydrogen-bond acceptors (Lipinski definition) is 1. The maximum atomic E-state index is 11.6. The fraction of sp³-hybridized carbons (Fsp3) is 0.167. The van der Waals surface area contributed by atoms with Gasteiger partial charge in [0.25, 0.3) is 0 Å². The van der Waals surface area contributed by atoms with Crippen molar-refractivity contribution in [1.29, 1.82) is 0 Å². The van der Waals surface area contributed by atoms with Crippen LogP contribution < -0.4 is 5.32 Å². The van der Waals surface area contributed by atoms with Gasteiger partial charge < -0.3 is 10.3 Å². The Kier molecular flexibility index (Phi) is 5.34. The van der Waals surface area contributed by atoms with Crippen molar-refractivity contribution in [2.45, 2.75) is 5.92 Å². The number of hydrogen-bond donors (Lipinski definition) is 2. The normalized spacial score (nSPS) is 12.3. The summed E-state index contributed by atoms with van der Waals surface area (Å²) in [6, 6.07) is 13.4. The Hall–Kier alpha value is -1.68. The average molecular weight is 382 g/mol. The second-order valence-electron chi connectivity index (χ2n) is 5.45. The molecule has 3 rings (SSSR count). The van der Waals surface area contributed by atoms with E-state index in [-0.39, 0.29) is 17.7 Å². The maximum absolute atomic E-state index is 11.6. The highest BCUT2D eigenvalue weighted by Crippen LogP contribution is 2.35. The van der Waals surface area contributed by atoms with Crippen molar-refractivity contribution >= 4 is 51.6 Å². The number of para-hydroxylation sites is 1. The molecule has 0 saturated heterocycles. The van der Waals surface area contributed by atoms with Gasteiger partial charge in [0.15, 0.2) is 0 Å². The first-order valence-corrected chi connectivity index (χ1v) is 8.73. The smallest absolute Gasteiger partial charge is 0.234 e. The highest BCUT2D eigenvalue weighted by Gasteiger charge is 2.21. The van der Waals surface area contributed by atoms with Gasteiger partial charge in [0, 0.05) is 39.6 Å². The molecule has 124 valence electrons. The maximum Gasteiger partial charge on any atom is 0.234 e. The molecule has 0 fully saturated rings. The van der Waals surface area contributed by atoms with E-state index in [1.165, 1.54) is 0 Å². The summed E-state index contributed by atoms with van der Waals surface area (Å²) < 4.78 is 0. The van der Waals surface area contributed by atoms with Crippen molar-refractivity contribution < 1.29 is 4.79 Å². The summed E-state index contributed by atoms with van der Waals surface area (Å²) in [4.78, 5) is 14.9. The zero-order chi connectivity index (χ0) is 17.1. The molecule has 2 aromatic carbocycles. The van der Waals surface area contributed by atoms with Gasteiger partial charge >= 0.3 is 0 Å². The zero-order valence-electron chi connectivity index (χ0n) is 12.7. The summed E-state index contributed by atoms with van der Waals surface area (Å²) in [5, 5.41) is 5.08. The van der Waals surface area contributed by atoms with Gasteiger partial charge in [-0.25, -0.2) is 0 Å². The molecular weight excluding hydrogens is 367 g/mol. The van der Waals surface area contributed by atoms with Crippen molar-refractivity contribution in [2.24, 2.45) is 0 Å². The molecule has 3 nitrogen and oxygen atoms in total. The topological polar surface area (TPSA) is 44.9 Å².